The van der Waals surface area contributed by atoms with Crippen molar-refractivity contribution in [2.24, 2.45) is 22.5 Å². The number of aliphatic hydroxyl groups is 3. The summed E-state index contributed by atoms with van der Waals surface area (Å²) in [6.07, 6.45) is -6.44. The second-order valence-corrected chi connectivity index (χ2v) is 4.60. The first kappa shape index (κ1) is 14.7. The van der Waals surface area contributed by atoms with Crippen molar-refractivity contribution in [2.75, 3.05) is 6.61 Å². The van der Waals surface area contributed by atoms with E-state index in [1.54, 1.807) is 0 Å². The first-order chi connectivity index (χ1) is 9.38. The predicted molar refractivity (Wildman–Crippen MR) is 61.9 cm³/mol. The van der Waals surface area contributed by atoms with Gasteiger partial charge in [0.05, 0.1) is 18.6 Å². The number of rotatable bonds is 4. The lowest BCUT2D eigenvalue weighted by Crippen LogP contribution is -2.49. The van der Waals surface area contributed by atoms with Crippen LogP contribution < -0.4 is 11.5 Å². The van der Waals surface area contributed by atoms with Crippen LogP contribution in [0.2, 0.25) is 0 Å². The van der Waals surface area contributed by atoms with Gasteiger partial charge in [0.2, 0.25) is 6.10 Å². The van der Waals surface area contributed by atoms with Crippen LogP contribution in [0, 0.1) is 5.92 Å². The summed E-state index contributed by atoms with van der Waals surface area (Å²) in [7, 11) is 0. The molecule has 0 bridgehead atoms. The molecule has 10 nitrogen and oxygen atoms in total. The Bertz CT molecular complexity index is 454. The summed E-state index contributed by atoms with van der Waals surface area (Å²) in [5.74, 6) is -3.03. The van der Waals surface area contributed by atoms with Gasteiger partial charge in [0.15, 0.2) is 5.71 Å². The summed E-state index contributed by atoms with van der Waals surface area (Å²) in [4.78, 5) is 27.3. The molecule has 2 amide bonds. The molecule has 1 saturated heterocycles. The number of carbonyl (C=O) groups excluding carboxylic acids is 2. The summed E-state index contributed by atoms with van der Waals surface area (Å²) in [5.41, 5.74) is 9.93. The van der Waals surface area contributed by atoms with Crippen molar-refractivity contribution in [1.29, 1.82) is 0 Å². The molecule has 0 aliphatic carbocycles. The number of aliphatic hydroxyl groups excluding tert-OH is 3. The highest BCUT2D eigenvalue weighted by molar-refractivity contribution is 6.40. The molecule has 0 aromatic heterocycles. The minimum absolute atomic E-state index is 0.316. The van der Waals surface area contributed by atoms with Crippen LogP contribution in [0.1, 0.15) is 0 Å². The Labute approximate surface area is 112 Å². The molecule has 0 aromatic carbocycles. The van der Waals surface area contributed by atoms with Gasteiger partial charge in [-0.1, -0.05) is 5.16 Å². The third-order valence-corrected chi connectivity index (χ3v) is 3.37. The number of primary amides is 2. The Morgan fingerprint density at radius 2 is 1.90 bits per heavy atom. The van der Waals surface area contributed by atoms with Crippen LogP contribution in [0.25, 0.3) is 0 Å². The zero-order valence-corrected chi connectivity index (χ0v) is 10.2. The number of oxime groups is 1. The fraction of sp³-hybridized carbons (Fsp3) is 0.700. The van der Waals surface area contributed by atoms with Crippen LogP contribution in [0.3, 0.4) is 0 Å². The van der Waals surface area contributed by atoms with Gasteiger partial charge >= 0.3 is 0 Å². The summed E-state index contributed by atoms with van der Waals surface area (Å²) < 4.78 is 5.25. The van der Waals surface area contributed by atoms with Crippen LogP contribution >= 0.6 is 0 Å². The molecule has 2 aliphatic rings. The van der Waals surface area contributed by atoms with Gasteiger partial charge in [-0.05, 0) is 0 Å². The average Bonchev–Trinajstić information content (AvgIpc) is 2.93. The second-order valence-electron chi connectivity index (χ2n) is 4.60. The van der Waals surface area contributed by atoms with E-state index in [0.29, 0.717) is 0 Å². The van der Waals surface area contributed by atoms with E-state index in [1.165, 1.54) is 0 Å². The van der Waals surface area contributed by atoms with Gasteiger partial charge in [-0.15, -0.1) is 0 Å². The third-order valence-electron chi connectivity index (χ3n) is 3.37. The van der Waals surface area contributed by atoms with E-state index in [4.69, 9.17) is 26.1 Å². The quantitative estimate of drug-likeness (QED) is 0.348. The lowest BCUT2D eigenvalue weighted by Gasteiger charge is -2.23. The molecule has 2 aliphatic heterocycles. The van der Waals surface area contributed by atoms with E-state index >= 15 is 0 Å². The van der Waals surface area contributed by atoms with Gasteiger partial charge in [0, 0.05) is 0 Å². The smallest absolute Gasteiger partial charge is 0.267 e. The molecule has 0 aromatic rings. The number of carbonyl (C=O) groups is 2. The number of nitrogens with two attached hydrogens (primary N) is 2. The SMILES string of the molecule is NC(=O)C1=NO[C@@H](C(N)=O)[C@H]1[C@@H]1O[C@H](CO)[C@@H](O)[C@@H]1O. The molecule has 0 spiro atoms. The Balaban J connectivity index is 2.29. The highest BCUT2D eigenvalue weighted by Gasteiger charge is 2.54. The molecular weight excluding hydrogens is 274 g/mol. The maximum absolute atomic E-state index is 11.3. The number of hydrogen-bond acceptors (Lipinski definition) is 8. The normalized spacial score (nSPS) is 40.2. The van der Waals surface area contributed by atoms with E-state index in [1.807, 2.05) is 0 Å². The Kier molecular flexibility index (Phi) is 3.90. The fourth-order valence-corrected chi connectivity index (χ4v) is 2.37. The minimum atomic E-state index is -1.45. The van der Waals surface area contributed by atoms with Crippen molar-refractivity contribution >= 4 is 17.5 Å². The lowest BCUT2D eigenvalue weighted by molar-refractivity contribution is -0.134. The van der Waals surface area contributed by atoms with Crippen LogP contribution in [0.15, 0.2) is 5.16 Å². The maximum atomic E-state index is 11.3. The Morgan fingerprint density at radius 1 is 1.25 bits per heavy atom. The summed E-state index contributed by atoms with van der Waals surface area (Å²) in [6, 6.07) is 0. The standard InChI is InChI=1S/C10H15N3O7/c11-9(17)4-3(8(10(12)18)20-13-4)7-6(16)5(15)2(1-14)19-7/h2-3,5-8,14-16H,1H2,(H2,11,17)(H2,12,18)/t2-,3-,5-,6+,7+,8-/m1/s1. The second kappa shape index (κ2) is 5.32. The third kappa shape index (κ3) is 2.22. The van der Waals surface area contributed by atoms with Crippen LogP contribution in [-0.4, -0.2) is 70.0 Å². The Morgan fingerprint density at radius 3 is 2.35 bits per heavy atom. The number of ether oxygens (including phenoxy) is 1. The van der Waals surface area contributed by atoms with Crippen molar-refractivity contribution in [1.82, 2.24) is 0 Å². The van der Waals surface area contributed by atoms with Gasteiger partial charge in [0.1, 0.15) is 18.3 Å². The van der Waals surface area contributed by atoms with Gasteiger partial charge in [-0.2, -0.15) is 0 Å². The minimum Gasteiger partial charge on any atom is -0.394 e. The summed E-state index contributed by atoms with van der Waals surface area (Å²) >= 11 is 0. The van der Waals surface area contributed by atoms with E-state index in [9.17, 15) is 19.8 Å². The molecule has 0 unspecified atom stereocenters. The van der Waals surface area contributed by atoms with E-state index in [2.05, 4.69) is 5.16 Å². The fourth-order valence-electron chi connectivity index (χ4n) is 2.37. The first-order valence-corrected chi connectivity index (χ1v) is 5.83. The monoisotopic (exact) mass is 289 g/mol. The molecule has 0 radical (unpaired) electrons. The average molecular weight is 289 g/mol. The molecule has 2 heterocycles. The molecule has 2 rings (SSSR count). The molecule has 20 heavy (non-hydrogen) atoms. The molecule has 7 N–H and O–H groups in total. The van der Waals surface area contributed by atoms with E-state index < -0.39 is 54.9 Å². The van der Waals surface area contributed by atoms with Crippen molar-refractivity contribution in [3.05, 3.63) is 0 Å². The molecule has 0 saturated carbocycles. The van der Waals surface area contributed by atoms with Crippen LogP contribution in [0.5, 0.6) is 0 Å². The molecule has 112 valence electrons. The van der Waals surface area contributed by atoms with Crippen LogP contribution in [0.4, 0.5) is 0 Å². The van der Waals surface area contributed by atoms with Gasteiger partial charge in [0.25, 0.3) is 11.8 Å². The maximum Gasteiger partial charge on any atom is 0.267 e. The highest BCUT2D eigenvalue weighted by atomic mass is 16.7. The Hall–Kier alpha value is -1.75. The zero-order chi connectivity index (χ0) is 15.0. The van der Waals surface area contributed by atoms with E-state index in [0.717, 1.165) is 0 Å². The molecule has 10 heteroatoms. The summed E-state index contributed by atoms with van der Waals surface area (Å²) in [6.45, 7) is -0.549. The van der Waals surface area contributed by atoms with Crippen molar-refractivity contribution in [3.8, 4) is 0 Å². The first-order valence-electron chi connectivity index (χ1n) is 5.83. The number of nitrogens with zero attached hydrogens (tertiary/aromatic N) is 1. The lowest BCUT2D eigenvalue weighted by atomic mass is 9.87. The van der Waals surface area contributed by atoms with E-state index in [-0.39, 0.29) is 5.71 Å². The highest BCUT2D eigenvalue weighted by Crippen LogP contribution is 2.33. The van der Waals surface area contributed by atoms with Gasteiger partial charge in [-0.25, -0.2) is 0 Å². The molecule has 1 fully saturated rings. The molecule has 6 atom stereocenters. The molecular formula is C10H15N3O7. The predicted octanol–water partition coefficient (Wildman–Crippen LogP) is -4.19. The van der Waals surface area contributed by atoms with Crippen molar-refractivity contribution in [2.45, 2.75) is 30.5 Å². The largest absolute Gasteiger partial charge is 0.394 e. The van der Waals surface area contributed by atoms with Gasteiger partial charge in [-0.3, -0.25) is 9.59 Å². The number of hydrogen-bond donors (Lipinski definition) is 5. The number of amides is 2. The van der Waals surface area contributed by atoms with Crippen LogP contribution in [-0.2, 0) is 19.2 Å². The topological polar surface area (TPSA) is 178 Å². The zero-order valence-electron chi connectivity index (χ0n) is 10.2. The van der Waals surface area contributed by atoms with Gasteiger partial charge < -0.3 is 36.4 Å². The van der Waals surface area contributed by atoms with Crippen molar-refractivity contribution in [3.63, 3.8) is 0 Å². The summed E-state index contributed by atoms with van der Waals surface area (Å²) in [5, 5.41) is 32.0. The van der Waals surface area contributed by atoms with Crippen molar-refractivity contribution < 1.29 is 34.5 Å².